The standard InChI is InChI=1S/C77H106F8N12O14/c1-12-46(5)64-72(107)90(7)44-62(100)92(9)56-23-18-15-20-45(4)41-96(71(56)106)59(38-47-24-27-50(28-25-47)76(80,81)82)69(104)89(6)43-60(98)86-54(29-26-48-36-52(78)63(53(79)37-48)77(83,84)85)68(103)97-42-51(111-14-3)39-57(97)67(102)88-75(30-19-31-75)74(109)94(11)65(49-21-16-17-22-49)73(108)93(10)58(70(105)95-32-34-110-35-33-95)40-61(99)91(8)55(13-2)66(101)87-64/h20,24-25,27-28,36-37,46,49,51,54-59,64-65H,12-19,21-23,26,29-35,38-44H2,1-11H3,(H,86,98)(H,87,101)(H,88,102)/t46-,51+,54-,55-,56-,57-,58-,59-,64-,65-/m0/s1. The SMILES string of the molecule is CCO[C@@H]1C[C@H]2C(=O)NC3(CCC3)C(=O)N(C)[C@@H](C3CCCC3)C(=O)N(C)[C@H](C(=O)N3CCOCC3)CC(=O)N(C)[C@@H](CC)C(=O)N[C@@H]([C@@H](C)CC)C(=O)N(C)CC(=O)N(C)[C@H]3CCCC=C(C)CN(C3=O)[C@@H](Cc3ccc(C(F)(F)F)cc3)C(=O)N(C)CC(=O)N[C@@H](CCc3cc(F)c(C(F)(F)F)c(F)c3)C(=O)N2C1. The van der Waals surface area contributed by atoms with E-state index < -0.39 is 222 Å². The molecule has 4 heterocycles. The fourth-order valence-electron chi connectivity index (χ4n) is 15.9. The van der Waals surface area contributed by atoms with Gasteiger partial charge in [0.05, 0.1) is 44.4 Å². The molecule has 2 aromatic carbocycles. The lowest BCUT2D eigenvalue weighted by molar-refractivity contribution is -0.159. The Morgan fingerprint density at radius 3 is 1.86 bits per heavy atom. The molecule has 614 valence electrons. The van der Waals surface area contributed by atoms with Crippen LogP contribution >= 0.6 is 0 Å². The van der Waals surface area contributed by atoms with Crippen LogP contribution in [0.2, 0.25) is 0 Å². The Labute approximate surface area is 641 Å². The largest absolute Gasteiger partial charge is 0.422 e. The maximum atomic E-state index is 15.7. The number of hydrogen-bond donors (Lipinski definition) is 3. The van der Waals surface area contributed by atoms with E-state index >= 15 is 37.5 Å². The van der Waals surface area contributed by atoms with Gasteiger partial charge < -0.3 is 69.5 Å². The van der Waals surface area contributed by atoms with Crippen molar-refractivity contribution in [2.45, 2.75) is 216 Å². The highest BCUT2D eigenvalue weighted by Gasteiger charge is 2.54. The van der Waals surface area contributed by atoms with E-state index in [4.69, 9.17) is 9.47 Å². The van der Waals surface area contributed by atoms with Gasteiger partial charge in [0.15, 0.2) is 0 Å². The number of nitrogens with one attached hydrogen (secondary N) is 3. The lowest BCUT2D eigenvalue weighted by atomic mass is 9.74. The summed E-state index contributed by atoms with van der Waals surface area (Å²) in [6.45, 7) is 6.59. The summed E-state index contributed by atoms with van der Waals surface area (Å²) in [7, 11) is 7.87. The van der Waals surface area contributed by atoms with Gasteiger partial charge in [0.1, 0.15) is 71.1 Å². The van der Waals surface area contributed by atoms with Crippen molar-refractivity contribution >= 4 is 70.9 Å². The number of benzene rings is 2. The molecule has 4 aliphatic heterocycles. The molecule has 3 saturated heterocycles. The Balaban J connectivity index is 1.24. The van der Waals surface area contributed by atoms with Crippen molar-refractivity contribution in [1.82, 2.24) is 60.0 Å². The first-order valence-corrected chi connectivity index (χ1v) is 38.2. The molecule has 0 unspecified atom stereocenters. The van der Waals surface area contributed by atoms with Crippen molar-refractivity contribution in [2.24, 2.45) is 11.8 Å². The Kier molecular flexibility index (Phi) is 29.8. The molecular weight excluding hydrogens is 1470 g/mol. The second kappa shape index (κ2) is 37.7. The van der Waals surface area contributed by atoms with E-state index in [9.17, 15) is 55.1 Å². The molecule has 6 aliphatic rings. The molecule has 2 aromatic rings. The van der Waals surface area contributed by atoms with E-state index in [1.807, 2.05) is 0 Å². The van der Waals surface area contributed by atoms with Crippen LogP contribution in [0.1, 0.15) is 153 Å². The summed E-state index contributed by atoms with van der Waals surface area (Å²) >= 11 is 0. The number of rotatable bonds is 12. The molecule has 0 aromatic heterocycles. The van der Waals surface area contributed by atoms with Crippen LogP contribution in [0, 0.1) is 23.5 Å². The maximum Gasteiger partial charge on any atom is 0.422 e. The summed E-state index contributed by atoms with van der Waals surface area (Å²) in [6.07, 6.45) is -8.38. The van der Waals surface area contributed by atoms with Gasteiger partial charge in [0.25, 0.3) is 0 Å². The summed E-state index contributed by atoms with van der Waals surface area (Å²) < 4.78 is 126. The molecule has 26 nitrogen and oxygen atoms in total. The molecule has 8 rings (SSSR count). The predicted molar refractivity (Wildman–Crippen MR) is 387 cm³/mol. The van der Waals surface area contributed by atoms with E-state index in [0.717, 1.165) is 65.6 Å². The highest BCUT2D eigenvalue weighted by molar-refractivity contribution is 6.01. The first-order valence-electron chi connectivity index (χ1n) is 38.2. The highest BCUT2D eigenvalue weighted by Crippen LogP contribution is 2.40. The fourth-order valence-corrected chi connectivity index (χ4v) is 15.9. The number of morpholine rings is 1. The third kappa shape index (κ3) is 20.9. The highest BCUT2D eigenvalue weighted by atomic mass is 19.4. The van der Waals surface area contributed by atoms with Gasteiger partial charge in [-0.15, -0.1) is 0 Å². The average molecular weight is 1580 g/mol. The van der Waals surface area contributed by atoms with Crippen molar-refractivity contribution in [2.75, 3.05) is 101 Å². The number of ether oxygens (including phenoxy) is 2. The number of halogens is 8. The zero-order valence-electron chi connectivity index (χ0n) is 65.0. The first kappa shape index (κ1) is 87.8. The van der Waals surface area contributed by atoms with Crippen LogP contribution in [0.4, 0.5) is 35.1 Å². The van der Waals surface area contributed by atoms with E-state index in [1.54, 1.807) is 40.7 Å². The summed E-state index contributed by atoms with van der Waals surface area (Å²) in [6, 6.07) is -7.31. The van der Waals surface area contributed by atoms with Crippen molar-refractivity contribution < 1.29 is 102 Å². The normalized spacial score (nSPS) is 26.4. The molecule has 0 radical (unpaired) electrons. The van der Waals surface area contributed by atoms with Gasteiger partial charge in [0, 0.05) is 87.9 Å². The molecule has 3 N–H and O–H groups in total. The maximum absolute atomic E-state index is 15.7. The minimum Gasteiger partial charge on any atom is -0.378 e. The summed E-state index contributed by atoms with van der Waals surface area (Å²) in [5, 5.41) is 8.28. The van der Waals surface area contributed by atoms with Crippen LogP contribution in [0.25, 0.3) is 0 Å². The number of amides is 12. The minimum atomic E-state index is -5.46. The third-order valence-corrected chi connectivity index (χ3v) is 22.8. The van der Waals surface area contributed by atoms with Crippen LogP contribution in [0.15, 0.2) is 48.0 Å². The van der Waals surface area contributed by atoms with Gasteiger partial charge in [-0.2, -0.15) is 26.3 Å². The number of fused-ring (bicyclic) bond motifs is 3. The molecule has 34 heteroatoms. The third-order valence-electron chi connectivity index (χ3n) is 22.8. The Hall–Kier alpha value is -8.82. The van der Waals surface area contributed by atoms with Gasteiger partial charge in [-0.05, 0) is 132 Å². The molecule has 10 atom stereocenters. The molecule has 12 amide bonds. The fraction of sp³-hybridized carbons (Fsp3) is 0.662. The molecule has 2 saturated carbocycles. The van der Waals surface area contributed by atoms with Crippen LogP contribution < -0.4 is 16.0 Å². The topological polar surface area (TPSA) is 289 Å². The summed E-state index contributed by atoms with van der Waals surface area (Å²) in [5.74, 6) is -15.1. The van der Waals surface area contributed by atoms with Crippen molar-refractivity contribution in [1.29, 1.82) is 0 Å². The monoisotopic (exact) mass is 1570 g/mol. The zero-order chi connectivity index (χ0) is 81.9. The molecule has 2 aliphatic carbocycles. The van der Waals surface area contributed by atoms with E-state index in [0.29, 0.717) is 69.1 Å². The van der Waals surface area contributed by atoms with Crippen molar-refractivity contribution in [3.63, 3.8) is 0 Å². The van der Waals surface area contributed by atoms with Gasteiger partial charge in [-0.3, -0.25) is 57.5 Å². The van der Waals surface area contributed by atoms with Gasteiger partial charge in [-0.1, -0.05) is 63.8 Å². The van der Waals surface area contributed by atoms with E-state index in [-0.39, 0.29) is 83.7 Å². The number of likely N-dealkylation sites (N-methyl/N-ethyl adjacent to an activating group) is 6. The second-order valence-electron chi connectivity index (χ2n) is 30.4. The van der Waals surface area contributed by atoms with Gasteiger partial charge in [0.2, 0.25) is 70.9 Å². The second-order valence-corrected chi connectivity index (χ2v) is 30.4. The number of carbonyl (C=O) groups is 12. The zero-order valence-corrected chi connectivity index (χ0v) is 65.0. The van der Waals surface area contributed by atoms with Gasteiger partial charge >= 0.3 is 12.4 Å². The van der Waals surface area contributed by atoms with Crippen molar-refractivity contribution in [3.8, 4) is 0 Å². The number of allylic oxidation sites excluding steroid dienone is 1. The summed E-state index contributed by atoms with van der Waals surface area (Å²) in [4.78, 5) is 192. The molecule has 5 fully saturated rings. The number of alkyl halides is 6. The van der Waals surface area contributed by atoms with Crippen LogP contribution in [-0.4, -0.2) is 276 Å². The lowest BCUT2D eigenvalue weighted by Crippen LogP contribution is -2.68. The summed E-state index contributed by atoms with van der Waals surface area (Å²) in [5.41, 5.74) is -4.72. The Bertz CT molecular complexity index is 3750. The molecule has 1 spiro atoms. The Morgan fingerprint density at radius 1 is 0.658 bits per heavy atom. The molecule has 2 bridgehead atoms. The quantitative estimate of drug-likeness (QED) is 0.171. The van der Waals surface area contributed by atoms with Crippen LogP contribution in [0.5, 0.6) is 0 Å². The number of nitrogens with zero attached hydrogens (tertiary/aromatic N) is 9. The van der Waals surface area contributed by atoms with Crippen molar-refractivity contribution in [3.05, 3.63) is 81.9 Å². The molecule has 111 heavy (non-hydrogen) atoms. The van der Waals surface area contributed by atoms with E-state index in [1.165, 1.54) is 45.0 Å². The van der Waals surface area contributed by atoms with Gasteiger partial charge in [-0.25, -0.2) is 8.78 Å². The first-order chi connectivity index (χ1) is 52.3. The lowest BCUT2D eigenvalue weighted by Gasteiger charge is -2.47. The van der Waals surface area contributed by atoms with Crippen LogP contribution in [-0.2, 0) is 92.2 Å². The predicted octanol–water partition coefficient (Wildman–Crippen LogP) is 5.65. The average Bonchev–Trinajstić information content (AvgIpc) is 1.02. The van der Waals surface area contributed by atoms with E-state index in [2.05, 4.69) is 16.0 Å². The molecular formula is C77H106F8N12O14. The van der Waals surface area contributed by atoms with Crippen LogP contribution in [0.3, 0.4) is 0 Å². The number of carbonyl (C=O) groups excluding carboxylic acids is 12. The smallest absolute Gasteiger partial charge is 0.378 e. The number of hydrogen-bond acceptors (Lipinski definition) is 14. The Morgan fingerprint density at radius 2 is 1.29 bits per heavy atom. The number of aryl methyl sites for hydroxylation is 1. The minimum absolute atomic E-state index is 0.0197.